The quantitative estimate of drug-likeness (QED) is 0.411. The normalized spacial score (nSPS) is 12.0. The van der Waals surface area contributed by atoms with Gasteiger partial charge in [0.15, 0.2) is 17.5 Å². The third-order valence-corrected chi connectivity index (χ3v) is 4.37. The van der Waals surface area contributed by atoms with Crippen molar-refractivity contribution in [3.05, 3.63) is 60.8 Å². The number of pyridine rings is 1. The molecular weight excluding hydrogens is 474 g/mol. The molecule has 10 heteroatoms. The van der Waals surface area contributed by atoms with Crippen LogP contribution in [0, 0.1) is 9.39 Å². The van der Waals surface area contributed by atoms with Crippen molar-refractivity contribution in [2.75, 3.05) is 0 Å². The lowest BCUT2D eigenvalue weighted by molar-refractivity contribution is -0.141. The second kappa shape index (κ2) is 7.47. The molecule has 2 heterocycles. The van der Waals surface area contributed by atoms with E-state index in [1.165, 1.54) is 44.4 Å². The van der Waals surface area contributed by atoms with E-state index in [1.807, 2.05) is 22.6 Å². The molecule has 0 spiro atoms. The Kier molecular flexibility index (Phi) is 5.26. The number of aryl methyl sites for hydroxylation is 1. The minimum atomic E-state index is -1.05. The second-order valence-electron chi connectivity index (χ2n) is 5.48. The number of rotatable bonds is 4. The zero-order chi connectivity index (χ0) is 19.7. The molecule has 0 bridgehead atoms. The van der Waals surface area contributed by atoms with Crippen molar-refractivity contribution in [1.82, 2.24) is 9.55 Å². The molecule has 0 N–H and O–H groups in total. The van der Waals surface area contributed by atoms with E-state index in [-0.39, 0.29) is 22.5 Å². The zero-order valence-corrected chi connectivity index (χ0v) is 16.2. The van der Waals surface area contributed by atoms with Gasteiger partial charge in [0, 0.05) is 13.2 Å². The van der Waals surface area contributed by atoms with Crippen molar-refractivity contribution < 1.29 is 23.1 Å². The largest absolute Gasteiger partial charge is 0.479 e. The summed E-state index contributed by atoms with van der Waals surface area (Å²) >= 11 is 1.84. The molecule has 8 nitrogen and oxygen atoms in total. The third kappa shape index (κ3) is 3.84. The summed E-state index contributed by atoms with van der Waals surface area (Å²) in [6.07, 6.45) is 0.310. The molecule has 27 heavy (non-hydrogen) atoms. The monoisotopic (exact) mass is 486 g/mol. The Hall–Kier alpha value is -2.76. The van der Waals surface area contributed by atoms with E-state index >= 15 is 0 Å². The first-order valence-corrected chi connectivity index (χ1v) is 8.68. The fourth-order valence-electron chi connectivity index (χ4n) is 2.23. The van der Waals surface area contributed by atoms with Gasteiger partial charge >= 0.3 is 17.4 Å². The number of esters is 1. The highest BCUT2D eigenvalue weighted by Gasteiger charge is 2.23. The molecular formula is C17H12FIN2O6. The van der Waals surface area contributed by atoms with Gasteiger partial charge in [-0.25, -0.2) is 23.8 Å². The van der Waals surface area contributed by atoms with Crippen molar-refractivity contribution in [1.29, 1.82) is 0 Å². The smallest absolute Gasteiger partial charge is 0.423 e. The SMILES string of the molecule is CC(Oc1ccc(F)cc1)C(=O)Oc1c(I)cnc2c1c(=O)oc(=O)n2C. The Balaban J connectivity index is 1.93. The first kappa shape index (κ1) is 19.0. The maximum Gasteiger partial charge on any atom is 0.423 e. The molecule has 0 fully saturated rings. The number of benzene rings is 1. The highest BCUT2D eigenvalue weighted by Crippen LogP contribution is 2.27. The summed E-state index contributed by atoms with van der Waals surface area (Å²) in [6.45, 7) is 1.44. The molecule has 0 aliphatic carbocycles. The van der Waals surface area contributed by atoms with Crippen LogP contribution < -0.4 is 20.9 Å². The molecule has 3 aromatic rings. The van der Waals surface area contributed by atoms with Crippen LogP contribution in [0.1, 0.15) is 6.92 Å². The van der Waals surface area contributed by atoms with E-state index in [9.17, 15) is 18.8 Å². The number of hydrogen-bond donors (Lipinski definition) is 0. The summed E-state index contributed by atoms with van der Waals surface area (Å²) < 4.78 is 29.7. The van der Waals surface area contributed by atoms with Crippen molar-refractivity contribution in [3.63, 3.8) is 0 Å². The van der Waals surface area contributed by atoms with Crippen LogP contribution in [0.2, 0.25) is 0 Å². The number of aromatic nitrogens is 2. The number of nitrogens with zero attached hydrogens (tertiary/aromatic N) is 2. The fraction of sp³-hybridized carbons (Fsp3) is 0.176. The van der Waals surface area contributed by atoms with Gasteiger partial charge in [0.05, 0.1) is 3.57 Å². The van der Waals surface area contributed by atoms with Gasteiger partial charge in [0.25, 0.3) is 0 Å². The minimum absolute atomic E-state index is 0.0200. The molecule has 0 saturated carbocycles. The highest BCUT2D eigenvalue weighted by molar-refractivity contribution is 14.1. The number of carbonyl (C=O) groups excluding carboxylic acids is 1. The molecule has 1 unspecified atom stereocenters. The molecule has 1 aromatic carbocycles. The van der Waals surface area contributed by atoms with Crippen molar-refractivity contribution in [3.8, 4) is 11.5 Å². The number of hydrogen-bond acceptors (Lipinski definition) is 7. The lowest BCUT2D eigenvalue weighted by Gasteiger charge is -2.15. The zero-order valence-electron chi connectivity index (χ0n) is 14.1. The average Bonchev–Trinajstić information content (AvgIpc) is 2.63. The maximum absolute atomic E-state index is 12.9. The molecule has 2 aromatic heterocycles. The second-order valence-corrected chi connectivity index (χ2v) is 6.65. The van der Waals surface area contributed by atoms with E-state index in [2.05, 4.69) is 9.40 Å². The first-order chi connectivity index (χ1) is 12.8. The van der Waals surface area contributed by atoms with Gasteiger partial charge in [-0.15, -0.1) is 0 Å². The summed E-state index contributed by atoms with van der Waals surface area (Å²) in [5, 5.41) is -0.133. The first-order valence-electron chi connectivity index (χ1n) is 7.60. The van der Waals surface area contributed by atoms with Gasteiger partial charge in [-0.3, -0.25) is 4.57 Å². The van der Waals surface area contributed by atoms with Gasteiger partial charge in [-0.1, -0.05) is 0 Å². The molecule has 0 aliphatic rings. The van der Waals surface area contributed by atoms with Crippen LogP contribution in [0.4, 0.5) is 4.39 Å². The van der Waals surface area contributed by atoms with Gasteiger partial charge < -0.3 is 13.9 Å². The van der Waals surface area contributed by atoms with Gasteiger partial charge in [-0.05, 0) is 53.8 Å². The van der Waals surface area contributed by atoms with Crippen molar-refractivity contribution >= 4 is 39.6 Å². The number of halogens is 2. The standard InChI is InChI=1S/C17H12FIN2O6/c1-8(25-10-5-3-9(18)4-6-10)15(22)26-13-11(19)7-20-14-12(13)16(23)27-17(24)21(14)2/h3-8H,1-2H3. The average molecular weight is 486 g/mol. The fourth-order valence-corrected chi connectivity index (χ4v) is 2.75. The van der Waals surface area contributed by atoms with E-state index < -0.39 is 29.3 Å². The summed E-state index contributed by atoms with van der Waals surface area (Å²) in [6, 6.07) is 5.13. The summed E-state index contributed by atoms with van der Waals surface area (Å²) in [7, 11) is 1.37. The number of carbonyl (C=O) groups is 1. The summed E-state index contributed by atoms with van der Waals surface area (Å²) in [4.78, 5) is 40.2. The van der Waals surface area contributed by atoms with Crippen LogP contribution in [0.3, 0.4) is 0 Å². The molecule has 3 rings (SSSR count). The summed E-state index contributed by atoms with van der Waals surface area (Å²) in [5.41, 5.74) is -0.944. The van der Waals surface area contributed by atoms with Crippen LogP contribution in [-0.4, -0.2) is 21.6 Å². The Morgan fingerprint density at radius 1 is 1.30 bits per heavy atom. The van der Waals surface area contributed by atoms with Crippen LogP contribution in [0.15, 0.2) is 44.5 Å². The molecule has 0 aliphatic heterocycles. The Bertz CT molecular complexity index is 1140. The molecule has 1 atom stereocenters. The van der Waals surface area contributed by atoms with Crippen molar-refractivity contribution in [2.24, 2.45) is 7.05 Å². The van der Waals surface area contributed by atoms with Gasteiger partial charge in [0.2, 0.25) is 0 Å². The topological polar surface area (TPSA) is 101 Å². The van der Waals surface area contributed by atoms with Crippen LogP contribution in [0.5, 0.6) is 11.5 Å². The van der Waals surface area contributed by atoms with E-state index in [0.717, 1.165) is 4.57 Å². The van der Waals surface area contributed by atoms with Crippen LogP contribution in [0.25, 0.3) is 11.0 Å². The lowest BCUT2D eigenvalue weighted by Crippen LogP contribution is -2.30. The highest BCUT2D eigenvalue weighted by atomic mass is 127. The van der Waals surface area contributed by atoms with E-state index in [4.69, 9.17) is 9.47 Å². The Labute approximate surface area is 164 Å². The van der Waals surface area contributed by atoms with E-state index in [1.54, 1.807) is 0 Å². The van der Waals surface area contributed by atoms with Crippen molar-refractivity contribution in [2.45, 2.75) is 13.0 Å². The van der Waals surface area contributed by atoms with Crippen LogP contribution in [-0.2, 0) is 11.8 Å². The molecule has 140 valence electrons. The predicted molar refractivity (Wildman–Crippen MR) is 100 cm³/mol. The molecule has 0 amide bonds. The Morgan fingerprint density at radius 3 is 2.63 bits per heavy atom. The molecule has 0 radical (unpaired) electrons. The minimum Gasteiger partial charge on any atom is -0.479 e. The summed E-state index contributed by atoms with van der Waals surface area (Å²) in [5.74, 6) is -1.92. The van der Waals surface area contributed by atoms with Crippen LogP contribution >= 0.6 is 22.6 Å². The maximum atomic E-state index is 12.9. The number of ether oxygens (including phenoxy) is 2. The molecule has 0 saturated heterocycles. The van der Waals surface area contributed by atoms with Gasteiger partial charge in [0.1, 0.15) is 17.0 Å². The Morgan fingerprint density at radius 2 is 1.96 bits per heavy atom. The number of fused-ring (bicyclic) bond motifs is 1. The third-order valence-electron chi connectivity index (χ3n) is 3.60. The van der Waals surface area contributed by atoms with Gasteiger partial charge in [-0.2, -0.15) is 0 Å². The lowest BCUT2D eigenvalue weighted by atomic mass is 10.3. The predicted octanol–water partition coefficient (Wildman–Crippen LogP) is 2.00. The van der Waals surface area contributed by atoms with E-state index in [0.29, 0.717) is 3.57 Å².